The predicted octanol–water partition coefficient (Wildman–Crippen LogP) is 5.62. The molecule has 1 aromatic carbocycles. The van der Waals surface area contributed by atoms with E-state index in [0.717, 1.165) is 24.2 Å². The molecule has 0 bridgehead atoms. The number of rotatable bonds is 16. The van der Waals surface area contributed by atoms with Gasteiger partial charge in [0.1, 0.15) is 6.04 Å². The molecule has 5 heteroatoms. The molecule has 1 aliphatic rings. The van der Waals surface area contributed by atoms with E-state index in [-0.39, 0.29) is 0 Å². The molecule has 0 aliphatic carbocycles. The maximum Gasteiger partial charge on any atom is 0.262 e. The first kappa shape index (κ1) is 24.1. The molecule has 0 saturated heterocycles. The number of hydrogen-bond donors (Lipinski definition) is 1. The molecule has 1 heterocycles. The number of amides is 3. The lowest BCUT2D eigenvalue weighted by Gasteiger charge is -2.23. The van der Waals surface area contributed by atoms with Crippen LogP contribution in [0.3, 0.4) is 0 Å². The van der Waals surface area contributed by atoms with Gasteiger partial charge in [-0.25, -0.2) is 0 Å². The quantitative estimate of drug-likeness (QED) is 0.282. The third kappa shape index (κ3) is 6.96. The summed E-state index contributed by atoms with van der Waals surface area (Å²) in [6.45, 7) is 2.25. The average molecular weight is 415 g/mol. The summed E-state index contributed by atoms with van der Waals surface area (Å²) >= 11 is 0. The normalized spacial score (nSPS) is 14.2. The van der Waals surface area contributed by atoms with Gasteiger partial charge in [-0.1, -0.05) is 103 Å². The molecule has 0 saturated carbocycles. The van der Waals surface area contributed by atoms with E-state index in [1.807, 2.05) is 0 Å². The van der Waals surface area contributed by atoms with Crippen LogP contribution in [0.15, 0.2) is 24.3 Å². The van der Waals surface area contributed by atoms with Gasteiger partial charge in [0.2, 0.25) is 5.91 Å². The van der Waals surface area contributed by atoms with E-state index < -0.39 is 23.8 Å². The molecule has 5 nitrogen and oxygen atoms in total. The number of nitrogens with zero attached hydrogens (tertiary/aromatic N) is 1. The Morgan fingerprint density at radius 3 is 1.57 bits per heavy atom. The number of carbonyl (C=O) groups is 3. The Balaban J connectivity index is 1.61. The highest BCUT2D eigenvalue weighted by Gasteiger charge is 2.41. The monoisotopic (exact) mass is 414 g/mol. The van der Waals surface area contributed by atoms with Crippen LogP contribution in [0.1, 0.15) is 118 Å². The predicted molar refractivity (Wildman–Crippen MR) is 120 cm³/mol. The number of unbranched alkanes of at least 4 members (excludes halogenated alkanes) is 12. The van der Waals surface area contributed by atoms with Gasteiger partial charge in [0.05, 0.1) is 11.1 Å². The van der Waals surface area contributed by atoms with E-state index in [2.05, 4.69) is 6.92 Å². The molecule has 0 fully saturated rings. The van der Waals surface area contributed by atoms with Crippen molar-refractivity contribution >= 4 is 17.7 Å². The van der Waals surface area contributed by atoms with Crippen LogP contribution >= 0.6 is 0 Å². The third-order valence-electron chi connectivity index (χ3n) is 6.05. The van der Waals surface area contributed by atoms with Crippen molar-refractivity contribution in [1.29, 1.82) is 0 Å². The van der Waals surface area contributed by atoms with Gasteiger partial charge in [0, 0.05) is 0 Å². The second-order valence-electron chi connectivity index (χ2n) is 8.48. The summed E-state index contributed by atoms with van der Waals surface area (Å²) < 4.78 is 0. The smallest absolute Gasteiger partial charge is 0.262 e. The number of carbonyl (C=O) groups excluding carboxylic acids is 3. The number of primary amides is 1. The highest BCUT2D eigenvalue weighted by molar-refractivity contribution is 6.22. The maximum absolute atomic E-state index is 12.6. The largest absolute Gasteiger partial charge is 0.368 e. The number of fused-ring (bicyclic) bond motifs is 1. The molecule has 0 radical (unpaired) electrons. The maximum atomic E-state index is 12.6. The second kappa shape index (κ2) is 13.2. The summed E-state index contributed by atoms with van der Waals surface area (Å²) in [5.41, 5.74) is 6.26. The Morgan fingerprint density at radius 2 is 1.17 bits per heavy atom. The van der Waals surface area contributed by atoms with Crippen molar-refractivity contribution in [2.45, 2.75) is 103 Å². The van der Waals surface area contributed by atoms with E-state index in [4.69, 9.17) is 5.73 Å². The molecular weight excluding hydrogens is 376 g/mol. The van der Waals surface area contributed by atoms with Crippen LogP contribution in [-0.2, 0) is 4.79 Å². The number of benzene rings is 1. The standard InChI is InChI=1S/C25H38N2O3/c1-2-3-4-5-6-7-8-9-10-11-12-13-14-19-22(23(26)28)27-24(29)20-17-15-16-18-21(20)25(27)30/h15-18,22H,2-14,19H2,1H3,(H2,26,28). The average Bonchev–Trinajstić information content (AvgIpc) is 2.99. The van der Waals surface area contributed by atoms with E-state index in [1.165, 1.54) is 64.2 Å². The molecule has 1 atom stereocenters. The van der Waals surface area contributed by atoms with Gasteiger partial charge >= 0.3 is 0 Å². The van der Waals surface area contributed by atoms with Crippen molar-refractivity contribution < 1.29 is 14.4 Å². The van der Waals surface area contributed by atoms with E-state index in [0.29, 0.717) is 17.5 Å². The fraction of sp³-hybridized carbons (Fsp3) is 0.640. The zero-order valence-corrected chi connectivity index (χ0v) is 18.5. The van der Waals surface area contributed by atoms with Crippen molar-refractivity contribution in [2.75, 3.05) is 0 Å². The summed E-state index contributed by atoms with van der Waals surface area (Å²) in [4.78, 5) is 38.2. The molecule has 2 N–H and O–H groups in total. The van der Waals surface area contributed by atoms with Gasteiger partial charge in [-0.3, -0.25) is 19.3 Å². The molecule has 0 aromatic heterocycles. The zero-order valence-electron chi connectivity index (χ0n) is 18.5. The molecule has 166 valence electrons. The zero-order chi connectivity index (χ0) is 21.8. The first-order valence-corrected chi connectivity index (χ1v) is 11.8. The second-order valence-corrected chi connectivity index (χ2v) is 8.48. The fourth-order valence-electron chi connectivity index (χ4n) is 4.24. The molecule has 1 aromatic rings. The van der Waals surface area contributed by atoms with Crippen molar-refractivity contribution in [2.24, 2.45) is 5.73 Å². The molecule has 1 unspecified atom stereocenters. The molecule has 2 rings (SSSR count). The van der Waals surface area contributed by atoms with Gasteiger partial charge < -0.3 is 5.73 Å². The van der Waals surface area contributed by atoms with Crippen LogP contribution in [0.5, 0.6) is 0 Å². The highest BCUT2D eigenvalue weighted by atomic mass is 16.2. The van der Waals surface area contributed by atoms with Crippen LogP contribution in [0.4, 0.5) is 0 Å². The first-order chi connectivity index (χ1) is 14.6. The topological polar surface area (TPSA) is 80.5 Å². The van der Waals surface area contributed by atoms with Gasteiger partial charge in [0.15, 0.2) is 0 Å². The molecule has 0 spiro atoms. The van der Waals surface area contributed by atoms with Crippen molar-refractivity contribution in [3.8, 4) is 0 Å². The lowest BCUT2D eigenvalue weighted by atomic mass is 10.0. The Kier molecular flexibility index (Phi) is 10.6. The summed E-state index contributed by atoms with van der Waals surface area (Å²) in [6, 6.07) is 5.83. The van der Waals surface area contributed by atoms with Crippen LogP contribution in [-0.4, -0.2) is 28.7 Å². The lowest BCUT2D eigenvalue weighted by molar-refractivity contribution is -0.122. The van der Waals surface area contributed by atoms with Gasteiger partial charge in [0.25, 0.3) is 11.8 Å². The number of hydrogen-bond acceptors (Lipinski definition) is 3. The van der Waals surface area contributed by atoms with Crippen molar-refractivity contribution in [1.82, 2.24) is 4.90 Å². The molecular formula is C25H38N2O3. The Bertz CT molecular complexity index is 666. The van der Waals surface area contributed by atoms with Gasteiger partial charge in [-0.2, -0.15) is 0 Å². The Labute approximate surface area is 181 Å². The van der Waals surface area contributed by atoms with Crippen LogP contribution in [0.25, 0.3) is 0 Å². The van der Waals surface area contributed by atoms with Crippen molar-refractivity contribution in [3.63, 3.8) is 0 Å². The SMILES string of the molecule is CCCCCCCCCCCCCCCC(C(N)=O)N1C(=O)c2ccccc2C1=O. The third-order valence-corrected chi connectivity index (χ3v) is 6.05. The van der Waals surface area contributed by atoms with Crippen LogP contribution in [0.2, 0.25) is 0 Å². The minimum atomic E-state index is -0.856. The summed E-state index contributed by atoms with van der Waals surface area (Å²) in [7, 11) is 0. The van der Waals surface area contributed by atoms with E-state index >= 15 is 0 Å². The van der Waals surface area contributed by atoms with E-state index in [1.54, 1.807) is 24.3 Å². The molecule has 30 heavy (non-hydrogen) atoms. The summed E-state index contributed by atoms with van der Waals surface area (Å²) in [5.74, 6) is -1.42. The van der Waals surface area contributed by atoms with Crippen LogP contribution < -0.4 is 5.73 Å². The fourth-order valence-corrected chi connectivity index (χ4v) is 4.24. The highest BCUT2D eigenvalue weighted by Crippen LogP contribution is 2.26. The molecule has 1 aliphatic heterocycles. The number of nitrogens with two attached hydrogens (primary N) is 1. The van der Waals surface area contributed by atoms with Crippen LogP contribution in [0, 0.1) is 0 Å². The van der Waals surface area contributed by atoms with Gasteiger partial charge in [-0.15, -0.1) is 0 Å². The van der Waals surface area contributed by atoms with Gasteiger partial charge in [-0.05, 0) is 18.6 Å². The first-order valence-electron chi connectivity index (χ1n) is 11.8. The van der Waals surface area contributed by atoms with Crippen molar-refractivity contribution in [3.05, 3.63) is 35.4 Å². The van der Waals surface area contributed by atoms with E-state index in [9.17, 15) is 14.4 Å². The Morgan fingerprint density at radius 1 is 0.767 bits per heavy atom. The molecule has 3 amide bonds. The summed E-state index contributed by atoms with van der Waals surface area (Å²) in [6.07, 6.45) is 16.6. The summed E-state index contributed by atoms with van der Waals surface area (Å²) in [5, 5.41) is 0. The lowest BCUT2D eigenvalue weighted by Crippen LogP contribution is -2.47. The minimum absolute atomic E-state index is 0.360. The number of imide groups is 1. The minimum Gasteiger partial charge on any atom is -0.368 e. The Hall–Kier alpha value is -2.17.